The van der Waals surface area contributed by atoms with Crippen molar-refractivity contribution in [3.05, 3.63) is 59.7 Å². The van der Waals surface area contributed by atoms with E-state index >= 15 is 0 Å². The van der Waals surface area contributed by atoms with Gasteiger partial charge in [-0.2, -0.15) is 0 Å². The maximum atomic E-state index is 11.2. The fourth-order valence-corrected chi connectivity index (χ4v) is 3.51. The largest absolute Gasteiger partial charge is 0.490 e. The Balaban J connectivity index is 1.99. The van der Waals surface area contributed by atoms with Crippen LogP contribution in [0.1, 0.15) is 38.8 Å². The topological polar surface area (TPSA) is 80.3 Å². The van der Waals surface area contributed by atoms with Crippen LogP contribution in [0.15, 0.2) is 48.5 Å². The van der Waals surface area contributed by atoms with Crippen LogP contribution in [-0.4, -0.2) is 57.0 Å². The molecule has 0 unspecified atom stereocenters. The Morgan fingerprint density at radius 3 is 1.56 bits per heavy atom. The molecule has 7 nitrogen and oxygen atoms in total. The molecule has 0 amide bonds. The normalized spacial score (nSPS) is 13.0. The first-order valence-electron chi connectivity index (χ1n) is 11.0. The Morgan fingerprint density at radius 2 is 1.18 bits per heavy atom. The number of alkyl halides is 1. The van der Waals surface area contributed by atoms with E-state index in [0.29, 0.717) is 11.5 Å². The van der Waals surface area contributed by atoms with Gasteiger partial charge in [-0.05, 0) is 35.4 Å². The van der Waals surface area contributed by atoms with Gasteiger partial charge in [0.2, 0.25) is 0 Å². The third-order valence-electron chi connectivity index (χ3n) is 5.21. The lowest BCUT2D eigenvalue weighted by Gasteiger charge is -2.27. The van der Waals surface area contributed by atoms with Gasteiger partial charge in [-0.15, -0.1) is 11.6 Å². The molecular formula is C26H33ClO7. The lowest BCUT2D eigenvalue weighted by molar-refractivity contribution is -0.150. The highest BCUT2D eigenvalue weighted by Crippen LogP contribution is 2.33. The third-order valence-corrected chi connectivity index (χ3v) is 5.56. The van der Waals surface area contributed by atoms with Crippen LogP contribution >= 0.6 is 11.6 Å². The average molecular weight is 493 g/mol. The molecule has 0 fully saturated rings. The molecule has 2 aromatic rings. The summed E-state index contributed by atoms with van der Waals surface area (Å²) in [6, 6.07) is 15.6. The summed E-state index contributed by atoms with van der Waals surface area (Å²) in [5, 5.41) is 0. The van der Waals surface area contributed by atoms with Gasteiger partial charge in [0, 0.05) is 26.4 Å². The Morgan fingerprint density at radius 1 is 0.765 bits per heavy atom. The number of methoxy groups -OCH3 is 1. The molecule has 0 N–H and O–H groups in total. The molecule has 34 heavy (non-hydrogen) atoms. The number of halogens is 1. The third kappa shape index (κ3) is 8.54. The minimum Gasteiger partial charge on any atom is -0.490 e. The Bertz CT molecular complexity index is 910. The predicted molar refractivity (Wildman–Crippen MR) is 130 cm³/mol. The molecule has 0 aliphatic carbocycles. The number of hydrogen-bond donors (Lipinski definition) is 0. The van der Waals surface area contributed by atoms with Gasteiger partial charge < -0.3 is 23.7 Å². The molecule has 0 heterocycles. The molecule has 2 rings (SSSR count). The van der Waals surface area contributed by atoms with Gasteiger partial charge in [0.15, 0.2) is 6.10 Å². The molecule has 0 saturated carbocycles. The van der Waals surface area contributed by atoms with Gasteiger partial charge in [0.1, 0.15) is 30.8 Å². The van der Waals surface area contributed by atoms with E-state index in [4.69, 9.17) is 35.3 Å². The molecule has 186 valence electrons. The average Bonchev–Trinajstić information content (AvgIpc) is 2.80. The molecule has 0 saturated heterocycles. The molecule has 0 radical (unpaired) electrons. The van der Waals surface area contributed by atoms with Crippen molar-refractivity contribution in [3.8, 4) is 11.5 Å². The van der Waals surface area contributed by atoms with Crippen LogP contribution in [0.2, 0.25) is 0 Å². The summed E-state index contributed by atoms with van der Waals surface area (Å²) >= 11 is 5.82. The van der Waals surface area contributed by atoms with Gasteiger partial charge in [-0.1, -0.05) is 38.1 Å². The fourth-order valence-electron chi connectivity index (χ4n) is 3.36. The molecular weight excluding hydrogens is 460 g/mol. The number of rotatable bonds is 13. The lowest BCUT2D eigenvalue weighted by atomic mass is 9.78. The molecule has 0 aromatic heterocycles. The van der Waals surface area contributed by atoms with Crippen LogP contribution in [0, 0.1) is 0 Å². The molecule has 0 aliphatic heterocycles. The number of carbonyl (C=O) groups is 2. The summed E-state index contributed by atoms with van der Waals surface area (Å²) in [4.78, 5) is 22.3. The molecule has 0 aliphatic rings. The Labute approximate surface area is 206 Å². The molecule has 0 bridgehead atoms. The van der Waals surface area contributed by atoms with Crippen molar-refractivity contribution in [2.24, 2.45) is 0 Å². The number of hydrogen-bond acceptors (Lipinski definition) is 7. The fraction of sp³-hybridized carbons (Fsp3) is 0.462. The van der Waals surface area contributed by atoms with Gasteiger partial charge in [-0.3, -0.25) is 9.59 Å². The van der Waals surface area contributed by atoms with Crippen molar-refractivity contribution in [2.45, 2.75) is 45.3 Å². The van der Waals surface area contributed by atoms with Crippen molar-refractivity contribution < 1.29 is 33.3 Å². The number of esters is 2. The zero-order chi connectivity index (χ0) is 25.1. The van der Waals surface area contributed by atoms with E-state index in [-0.39, 0.29) is 43.1 Å². The number of benzene rings is 2. The van der Waals surface area contributed by atoms with E-state index in [1.807, 2.05) is 48.5 Å². The Hall–Kier alpha value is -2.77. The first-order chi connectivity index (χ1) is 16.1. The van der Waals surface area contributed by atoms with Crippen LogP contribution in [0.25, 0.3) is 0 Å². The first kappa shape index (κ1) is 27.5. The predicted octanol–water partition coefficient (Wildman–Crippen LogP) is 4.52. The van der Waals surface area contributed by atoms with Crippen LogP contribution < -0.4 is 9.47 Å². The summed E-state index contributed by atoms with van der Waals surface area (Å²) < 4.78 is 26.8. The molecule has 2 aromatic carbocycles. The van der Waals surface area contributed by atoms with Gasteiger partial charge in [0.25, 0.3) is 0 Å². The second-order valence-electron chi connectivity index (χ2n) is 8.37. The highest BCUT2D eigenvalue weighted by Gasteiger charge is 2.23. The minimum atomic E-state index is -0.491. The van der Waals surface area contributed by atoms with Crippen LogP contribution in [0.5, 0.6) is 11.5 Å². The van der Waals surface area contributed by atoms with Crippen molar-refractivity contribution in [2.75, 3.05) is 32.8 Å². The summed E-state index contributed by atoms with van der Waals surface area (Å²) in [5.41, 5.74) is 1.96. The van der Waals surface area contributed by atoms with Crippen molar-refractivity contribution in [3.63, 3.8) is 0 Å². The highest BCUT2D eigenvalue weighted by atomic mass is 35.5. The lowest BCUT2D eigenvalue weighted by Crippen LogP contribution is -2.28. The summed E-state index contributed by atoms with van der Waals surface area (Å²) in [7, 11) is 1.55. The smallest absolute Gasteiger partial charge is 0.303 e. The van der Waals surface area contributed by atoms with Crippen LogP contribution in [-0.2, 0) is 29.2 Å². The molecule has 2 atom stereocenters. The number of carbonyl (C=O) groups excluding carboxylic acids is 2. The van der Waals surface area contributed by atoms with Crippen LogP contribution in [0.4, 0.5) is 0 Å². The zero-order valence-electron chi connectivity index (χ0n) is 20.3. The maximum Gasteiger partial charge on any atom is 0.303 e. The maximum absolute atomic E-state index is 11.2. The van der Waals surface area contributed by atoms with Gasteiger partial charge in [-0.25, -0.2) is 0 Å². The second-order valence-corrected chi connectivity index (χ2v) is 8.68. The van der Waals surface area contributed by atoms with Crippen molar-refractivity contribution >= 4 is 23.5 Å². The second kappa shape index (κ2) is 13.2. The van der Waals surface area contributed by atoms with E-state index in [1.54, 1.807) is 7.11 Å². The summed E-state index contributed by atoms with van der Waals surface area (Å²) in [6.07, 6.45) is -0.956. The Kier molecular flexibility index (Phi) is 10.7. The summed E-state index contributed by atoms with van der Waals surface area (Å²) in [5.74, 6) is 0.757. The van der Waals surface area contributed by atoms with Crippen LogP contribution in [0.3, 0.4) is 0 Å². The van der Waals surface area contributed by atoms with E-state index < -0.39 is 12.2 Å². The minimum absolute atomic E-state index is 0.168. The van der Waals surface area contributed by atoms with E-state index in [9.17, 15) is 9.59 Å². The first-order valence-corrected chi connectivity index (χ1v) is 11.5. The SMILES string of the molecule is COC[C@@H](COc1ccc(C(C)(C)c2ccc(OC[C@H](CCl)OC(C)=O)cc2)cc1)OC(C)=O. The van der Waals surface area contributed by atoms with Gasteiger partial charge >= 0.3 is 11.9 Å². The van der Waals surface area contributed by atoms with E-state index in [2.05, 4.69) is 13.8 Å². The monoisotopic (exact) mass is 492 g/mol. The van der Waals surface area contributed by atoms with Crippen molar-refractivity contribution in [1.82, 2.24) is 0 Å². The standard InChI is InChI=1S/C26H33ClO7/c1-18(28)33-24(14-27)16-31-22-10-6-20(7-11-22)26(3,4)21-8-12-23(13-9-21)32-17-25(15-30-5)34-19(2)29/h6-13,24-25H,14-17H2,1-5H3/t24-,25-/m0/s1. The molecule has 0 spiro atoms. The van der Waals surface area contributed by atoms with E-state index in [0.717, 1.165) is 11.1 Å². The van der Waals surface area contributed by atoms with E-state index in [1.165, 1.54) is 13.8 Å². The van der Waals surface area contributed by atoms with Gasteiger partial charge in [0.05, 0.1) is 12.5 Å². The molecule has 8 heteroatoms. The number of ether oxygens (including phenoxy) is 5. The quantitative estimate of drug-likeness (QED) is 0.300. The highest BCUT2D eigenvalue weighted by molar-refractivity contribution is 6.18. The zero-order valence-corrected chi connectivity index (χ0v) is 21.1. The van der Waals surface area contributed by atoms with Crippen molar-refractivity contribution in [1.29, 1.82) is 0 Å². The summed E-state index contributed by atoms with van der Waals surface area (Å²) in [6.45, 7) is 7.64.